The number of thioether (sulfide) groups is 1. The Bertz CT molecular complexity index is 824. The maximum Gasteiger partial charge on any atom is 0.257 e. The Morgan fingerprint density at radius 3 is 2.21 bits per heavy atom. The monoisotopic (exact) mass is 424 g/mol. The Kier molecular flexibility index (Phi) is 8.57. The lowest BCUT2D eigenvalue weighted by Gasteiger charge is -2.22. The van der Waals surface area contributed by atoms with Crippen molar-refractivity contribution in [3.8, 4) is 0 Å². The Morgan fingerprint density at radius 2 is 1.62 bits per heavy atom. The molecule has 0 aliphatic rings. The van der Waals surface area contributed by atoms with Crippen molar-refractivity contribution in [1.82, 2.24) is 10.6 Å². The largest absolute Gasteiger partial charge is 0.354 e. The van der Waals surface area contributed by atoms with Gasteiger partial charge in [0.1, 0.15) is 29.1 Å². The average Bonchev–Trinajstić information content (AvgIpc) is 2.66. The summed E-state index contributed by atoms with van der Waals surface area (Å²) in [5.41, 5.74) is -0.707. The van der Waals surface area contributed by atoms with Crippen LogP contribution in [0, 0.1) is 23.4 Å². The summed E-state index contributed by atoms with van der Waals surface area (Å²) in [6, 6.07) is 8.36. The van der Waals surface area contributed by atoms with E-state index in [2.05, 4.69) is 10.6 Å². The summed E-state index contributed by atoms with van der Waals surface area (Å²) in [5.74, 6) is -3.21. The van der Waals surface area contributed by atoms with E-state index < -0.39 is 35.1 Å². The van der Waals surface area contributed by atoms with E-state index in [9.17, 15) is 22.8 Å². The Morgan fingerprint density at radius 1 is 1.00 bits per heavy atom. The number of carbonyl (C=O) groups excluding carboxylic acids is 2. The van der Waals surface area contributed by atoms with Gasteiger partial charge < -0.3 is 10.6 Å². The van der Waals surface area contributed by atoms with Crippen molar-refractivity contribution >= 4 is 23.6 Å². The van der Waals surface area contributed by atoms with E-state index >= 15 is 0 Å². The van der Waals surface area contributed by atoms with Gasteiger partial charge in [-0.3, -0.25) is 9.59 Å². The summed E-state index contributed by atoms with van der Waals surface area (Å²) >= 11 is 1.54. The molecule has 29 heavy (non-hydrogen) atoms. The van der Waals surface area contributed by atoms with Crippen molar-refractivity contribution in [2.45, 2.75) is 31.2 Å². The molecular formula is C21H23F3N2O2S. The average molecular weight is 424 g/mol. The number of hydrogen-bond donors (Lipinski definition) is 2. The van der Waals surface area contributed by atoms with E-state index in [1.54, 1.807) is 26.0 Å². The van der Waals surface area contributed by atoms with Crippen LogP contribution >= 0.6 is 11.8 Å². The van der Waals surface area contributed by atoms with Crippen molar-refractivity contribution in [2.75, 3.05) is 12.3 Å². The van der Waals surface area contributed by atoms with Crippen LogP contribution in [0.5, 0.6) is 0 Å². The van der Waals surface area contributed by atoms with Crippen LogP contribution in [0.15, 0.2) is 47.4 Å². The summed E-state index contributed by atoms with van der Waals surface area (Å²) in [4.78, 5) is 25.6. The summed E-state index contributed by atoms with van der Waals surface area (Å²) in [6.07, 6.45) is 0.661. The highest BCUT2D eigenvalue weighted by atomic mass is 32.2. The fourth-order valence-corrected chi connectivity index (χ4v) is 3.43. The summed E-state index contributed by atoms with van der Waals surface area (Å²) in [7, 11) is 0. The summed E-state index contributed by atoms with van der Waals surface area (Å²) in [5, 5.41) is 5.15. The highest BCUT2D eigenvalue weighted by Crippen LogP contribution is 2.18. The van der Waals surface area contributed by atoms with E-state index in [1.807, 2.05) is 0 Å². The molecule has 0 heterocycles. The Labute approximate surface area is 172 Å². The predicted molar refractivity (Wildman–Crippen MR) is 107 cm³/mol. The maximum atomic E-state index is 13.8. The van der Waals surface area contributed by atoms with E-state index in [0.29, 0.717) is 18.7 Å². The Balaban J connectivity index is 1.84. The minimum Gasteiger partial charge on any atom is -0.354 e. The van der Waals surface area contributed by atoms with Gasteiger partial charge >= 0.3 is 0 Å². The number of amides is 2. The number of halogens is 3. The molecule has 8 heteroatoms. The lowest BCUT2D eigenvalue weighted by Crippen LogP contribution is -2.50. The van der Waals surface area contributed by atoms with E-state index in [0.717, 1.165) is 23.1 Å². The molecule has 2 aromatic rings. The minimum absolute atomic E-state index is 0.276. The first-order chi connectivity index (χ1) is 13.8. The Hall–Kier alpha value is -2.48. The second kappa shape index (κ2) is 10.9. The zero-order chi connectivity index (χ0) is 21.4. The number of benzene rings is 2. The minimum atomic E-state index is -0.983. The normalized spacial score (nSPS) is 11.9. The molecule has 0 aliphatic heterocycles. The van der Waals surface area contributed by atoms with Gasteiger partial charge in [0.05, 0.1) is 0 Å². The molecule has 156 valence electrons. The van der Waals surface area contributed by atoms with Crippen LogP contribution in [0.25, 0.3) is 0 Å². The third-order valence-corrected chi connectivity index (χ3v) is 5.23. The number of nitrogens with one attached hydrogen (secondary N) is 2. The maximum absolute atomic E-state index is 13.8. The van der Waals surface area contributed by atoms with Crippen LogP contribution in [0.2, 0.25) is 0 Å². The first-order valence-electron chi connectivity index (χ1n) is 9.20. The third-order valence-electron chi connectivity index (χ3n) is 4.13. The summed E-state index contributed by atoms with van der Waals surface area (Å²) in [6.45, 7) is 3.83. The molecular weight excluding hydrogens is 401 g/mol. The lowest BCUT2D eigenvalue weighted by atomic mass is 10.0. The molecule has 1 unspecified atom stereocenters. The standard InChI is InChI=1S/C21H23F3N2O2S/c1-13(2)19(26-20(27)18-16(23)5-3-6-17(18)24)21(28)25-11-4-12-29-15-9-7-14(22)8-10-15/h3,5-10,13,19H,4,11-12H2,1-2H3,(H,25,28)(H,26,27). The molecule has 2 amide bonds. The van der Waals surface area contributed by atoms with Gasteiger partial charge in [0, 0.05) is 11.4 Å². The van der Waals surface area contributed by atoms with Crippen molar-refractivity contribution in [3.05, 3.63) is 65.5 Å². The van der Waals surface area contributed by atoms with Gasteiger partial charge in [0.2, 0.25) is 5.91 Å². The predicted octanol–water partition coefficient (Wildman–Crippen LogP) is 4.16. The molecule has 0 fully saturated rings. The second-order valence-corrected chi connectivity index (χ2v) is 7.91. The molecule has 0 saturated heterocycles. The van der Waals surface area contributed by atoms with E-state index in [4.69, 9.17) is 0 Å². The fourth-order valence-electron chi connectivity index (χ4n) is 2.58. The highest BCUT2D eigenvalue weighted by Gasteiger charge is 2.26. The topological polar surface area (TPSA) is 58.2 Å². The van der Waals surface area contributed by atoms with Gasteiger partial charge in [-0.25, -0.2) is 13.2 Å². The smallest absolute Gasteiger partial charge is 0.257 e. The molecule has 0 aliphatic carbocycles. The van der Waals surface area contributed by atoms with Crippen LogP contribution in [0.3, 0.4) is 0 Å². The molecule has 2 aromatic carbocycles. The molecule has 4 nitrogen and oxygen atoms in total. The second-order valence-electron chi connectivity index (χ2n) is 6.74. The van der Waals surface area contributed by atoms with Crippen molar-refractivity contribution in [1.29, 1.82) is 0 Å². The van der Waals surface area contributed by atoms with Gasteiger partial charge in [-0.15, -0.1) is 11.8 Å². The fraction of sp³-hybridized carbons (Fsp3) is 0.333. The molecule has 0 spiro atoms. The molecule has 2 rings (SSSR count). The van der Waals surface area contributed by atoms with Crippen LogP contribution in [-0.4, -0.2) is 30.2 Å². The number of hydrogen-bond acceptors (Lipinski definition) is 3. The van der Waals surface area contributed by atoms with E-state index in [1.165, 1.54) is 23.9 Å². The van der Waals surface area contributed by atoms with Crippen molar-refractivity contribution in [2.24, 2.45) is 5.92 Å². The molecule has 2 N–H and O–H groups in total. The summed E-state index contributed by atoms with van der Waals surface area (Å²) < 4.78 is 40.4. The van der Waals surface area contributed by atoms with Gasteiger partial charge in [0.25, 0.3) is 5.91 Å². The zero-order valence-electron chi connectivity index (χ0n) is 16.2. The van der Waals surface area contributed by atoms with Crippen LogP contribution in [0.4, 0.5) is 13.2 Å². The first kappa shape index (κ1) is 22.8. The van der Waals surface area contributed by atoms with Crippen LogP contribution < -0.4 is 10.6 Å². The SMILES string of the molecule is CC(C)C(NC(=O)c1c(F)cccc1F)C(=O)NCCCSc1ccc(F)cc1. The molecule has 0 saturated carbocycles. The highest BCUT2D eigenvalue weighted by molar-refractivity contribution is 7.99. The molecule has 0 bridgehead atoms. The third kappa shape index (κ3) is 6.81. The number of rotatable bonds is 9. The van der Waals surface area contributed by atoms with E-state index in [-0.39, 0.29) is 11.7 Å². The van der Waals surface area contributed by atoms with Crippen molar-refractivity contribution < 1.29 is 22.8 Å². The molecule has 0 radical (unpaired) electrons. The van der Waals surface area contributed by atoms with Crippen molar-refractivity contribution in [3.63, 3.8) is 0 Å². The number of carbonyl (C=O) groups is 2. The van der Waals surface area contributed by atoms with Gasteiger partial charge in [-0.05, 0) is 54.5 Å². The van der Waals surface area contributed by atoms with Gasteiger partial charge in [-0.1, -0.05) is 19.9 Å². The molecule has 0 aromatic heterocycles. The molecule has 1 atom stereocenters. The zero-order valence-corrected chi connectivity index (χ0v) is 17.0. The van der Waals surface area contributed by atoms with Crippen LogP contribution in [-0.2, 0) is 4.79 Å². The lowest BCUT2D eigenvalue weighted by molar-refractivity contribution is -0.123. The van der Waals surface area contributed by atoms with Crippen LogP contribution in [0.1, 0.15) is 30.6 Å². The quantitative estimate of drug-likeness (QED) is 0.470. The van der Waals surface area contributed by atoms with Gasteiger partial charge in [-0.2, -0.15) is 0 Å². The first-order valence-corrected chi connectivity index (χ1v) is 10.2. The van der Waals surface area contributed by atoms with Gasteiger partial charge in [0.15, 0.2) is 0 Å².